The second kappa shape index (κ2) is 10.2. The molecular weight excluding hydrogens is 314 g/mol. The van der Waals surface area contributed by atoms with Crippen molar-refractivity contribution in [3.8, 4) is 0 Å². The highest BCUT2D eigenvalue weighted by atomic mass is 35.5. The van der Waals surface area contributed by atoms with E-state index >= 15 is 0 Å². The number of hydrogen-bond acceptors (Lipinski definition) is 3. The fourth-order valence-corrected chi connectivity index (χ4v) is 2.71. The lowest BCUT2D eigenvalue weighted by Gasteiger charge is -2.23. The van der Waals surface area contributed by atoms with Crippen LogP contribution in [0.2, 0.25) is 0 Å². The molecule has 2 rings (SSSR count). The Kier molecular flexibility index (Phi) is 8.66. The van der Waals surface area contributed by atoms with Crippen molar-refractivity contribution in [2.75, 3.05) is 32.0 Å². The van der Waals surface area contributed by atoms with Gasteiger partial charge >= 0.3 is 0 Å². The van der Waals surface area contributed by atoms with Gasteiger partial charge in [-0.15, -0.1) is 12.4 Å². The molecule has 2 N–H and O–H groups in total. The number of halogens is 1. The zero-order valence-electron chi connectivity index (χ0n) is 13.6. The first-order valence-corrected chi connectivity index (χ1v) is 7.94. The van der Waals surface area contributed by atoms with E-state index in [1.807, 2.05) is 30.3 Å². The number of benzene rings is 1. The van der Waals surface area contributed by atoms with E-state index in [0.717, 1.165) is 38.0 Å². The van der Waals surface area contributed by atoms with Crippen LogP contribution in [0.4, 0.5) is 5.69 Å². The molecule has 0 unspecified atom stereocenters. The zero-order valence-corrected chi connectivity index (χ0v) is 14.4. The minimum Gasteiger partial charge on any atom is -0.336 e. The van der Waals surface area contributed by atoms with E-state index < -0.39 is 0 Å². The molecule has 1 aliphatic rings. The Morgan fingerprint density at radius 2 is 1.87 bits per heavy atom. The van der Waals surface area contributed by atoms with Crippen LogP contribution in [0, 0.1) is 5.92 Å². The number of amides is 2. The molecule has 0 radical (unpaired) electrons. The molecule has 1 aliphatic heterocycles. The van der Waals surface area contributed by atoms with Crippen LogP contribution in [0.1, 0.15) is 25.7 Å². The van der Waals surface area contributed by atoms with Gasteiger partial charge in [-0.25, -0.2) is 0 Å². The summed E-state index contributed by atoms with van der Waals surface area (Å²) in [6.45, 7) is 2.20. The average Bonchev–Trinajstić information content (AvgIpc) is 2.54. The normalized spacial score (nSPS) is 14.7. The summed E-state index contributed by atoms with van der Waals surface area (Å²) in [5.74, 6) is 0.516. The van der Waals surface area contributed by atoms with Crippen molar-refractivity contribution in [1.82, 2.24) is 10.2 Å². The van der Waals surface area contributed by atoms with Gasteiger partial charge in [0, 0.05) is 19.2 Å². The van der Waals surface area contributed by atoms with Crippen LogP contribution in [0.25, 0.3) is 0 Å². The predicted octanol–water partition coefficient (Wildman–Crippen LogP) is 2.29. The molecule has 0 atom stereocenters. The van der Waals surface area contributed by atoms with E-state index in [0.29, 0.717) is 12.3 Å². The number of rotatable bonds is 6. The number of nitrogens with one attached hydrogen (secondary N) is 2. The zero-order chi connectivity index (χ0) is 15.8. The molecule has 2 amide bonds. The van der Waals surface area contributed by atoms with Crippen LogP contribution in [-0.4, -0.2) is 43.4 Å². The van der Waals surface area contributed by atoms with Crippen LogP contribution in [0.15, 0.2) is 30.3 Å². The maximum absolute atomic E-state index is 12.1. The Balaban J connectivity index is 0.00000264. The molecule has 1 fully saturated rings. The van der Waals surface area contributed by atoms with Crippen molar-refractivity contribution in [2.24, 2.45) is 5.92 Å². The highest BCUT2D eigenvalue weighted by Crippen LogP contribution is 2.18. The summed E-state index contributed by atoms with van der Waals surface area (Å²) in [5, 5.41) is 6.12. The van der Waals surface area contributed by atoms with Crippen LogP contribution in [-0.2, 0) is 9.59 Å². The summed E-state index contributed by atoms with van der Waals surface area (Å²) < 4.78 is 0. The summed E-state index contributed by atoms with van der Waals surface area (Å²) in [4.78, 5) is 25.5. The summed E-state index contributed by atoms with van der Waals surface area (Å²) in [6, 6.07) is 9.28. The van der Waals surface area contributed by atoms with Gasteiger partial charge in [-0.05, 0) is 50.4 Å². The van der Waals surface area contributed by atoms with Gasteiger partial charge in [-0.1, -0.05) is 18.2 Å². The lowest BCUT2D eigenvalue weighted by atomic mass is 9.93. The maximum atomic E-state index is 12.1. The minimum atomic E-state index is -0.163. The average molecular weight is 340 g/mol. The quantitative estimate of drug-likeness (QED) is 0.836. The number of nitrogens with zero attached hydrogens (tertiary/aromatic N) is 1. The number of carbonyl (C=O) groups excluding carboxylic acids is 2. The van der Waals surface area contributed by atoms with Crippen LogP contribution in [0.3, 0.4) is 0 Å². The van der Waals surface area contributed by atoms with Crippen molar-refractivity contribution >= 4 is 29.9 Å². The molecule has 0 spiro atoms. The Hall–Kier alpha value is -1.59. The number of likely N-dealkylation sites (N-methyl/N-ethyl adjacent to an activating group) is 1. The lowest BCUT2D eigenvalue weighted by molar-refractivity contribution is -0.133. The third kappa shape index (κ3) is 7.01. The van der Waals surface area contributed by atoms with Gasteiger partial charge in [0.25, 0.3) is 0 Å². The molecule has 6 heteroatoms. The predicted molar refractivity (Wildman–Crippen MR) is 94.8 cm³/mol. The highest BCUT2D eigenvalue weighted by Gasteiger charge is 2.17. The third-order valence-electron chi connectivity index (χ3n) is 4.09. The number of para-hydroxylation sites is 1. The molecule has 0 saturated carbocycles. The van der Waals surface area contributed by atoms with Gasteiger partial charge in [-0.2, -0.15) is 0 Å². The van der Waals surface area contributed by atoms with E-state index in [1.54, 1.807) is 7.05 Å². The molecule has 0 aliphatic carbocycles. The number of carbonyl (C=O) groups is 2. The van der Waals surface area contributed by atoms with E-state index in [-0.39, 0.29) is 30.8 Å². The van der Waals surface area contributed by atoms with Gasteiger partial charge in [-0.3, -0.25) is 9.59 Å². The second-order valence-corrected chi connectivity index (χ2v) is 5.90. The molecule has 0 aromatic heterocycles. The van der Waals surface area contributed by atoms with Gasteiger partial charge in [0.05, 0.1) is 6.54 Å². The number of piperidine rings is 1. The number of anilines is 1. The van der Waals surface area contributed by atoms with E-state index in [4.69, 9.17) is 0 Å². The van der Waals surface area contributed by atoms with Crippen molar-refractivity contribution < 1.29 is 9.59 Å². The fourth-order valence-electron chi connectivity index (χ4n) is 2.71. The van der Waals surface area contributed by atoms with E-state index in [1.165, 1.54) is 4.90 Å². The standard InChI is InChI=1S/C17H25N3O2.ClH/c1-20(13-16(21)19-15-5-3-2-4-6-15)17(22)8-7-14-9-11-18-12-10-14;/h2-6,14,18H,7-13H2,1H3,(H,19,21);1H. The maximum Gasteiger partial charge on any atom is 0.243 e. The van der Waals surface area contributed by atoms with Crippen molar-refractivity contribution in [2.45, 2.75) is 25.7 Å². The first-order valence-electron chi connectivity index (χ1n) is 7.94. The molecule has 1 aromatic carbocycles. The lowest BCUT2D eigenvalue weighted by Crippen LogP contribution is -2.35. The summed E-state index contributed by atoms with van der Waals surface area (Å²) >= 11 is 0. The largest absolute Gasteiger partial charge is 0.336 e. The molecule has 5 nitrogen and oxygen atoms in total. The summed E-state index contributed by atoms with van der Waals surface area (Å²) in [7, 11) is 1.69. The van der Waals surface area contributed by atoms with Crippen LogP contribution < -0.4 is 10.6 Å². The van der Waals surface area contributed by atoms with Crippen molar-refractivity contribution in [3.63, 3.8) is 0 Å². The van der Waals surface area contributed by atoms with Crippen LogP contribution >= 0.6 is 12.4 Å². The van der Waals surface area contributed by atoms with Gasteiger partial charge < -0.3 is 15.5 Å². The Morgan fingerprint density at radius 3 is 2.52 bits per heavy atom. The minimum absolute atomic E-state index is 0. The Labute approximate surface area is 144 Å². The first-order chi connectivity index (χ1) is 10.6. The fraction of sp³-hybridized carbons (Fsp3) is 0.529. The van der Waals surface area contributed by atoms with Gasteiger partial charge in [0.2, 0.25) is 11.8 Å². The molecule has 128 valence electrons. The Morgan fingerprint density at radius 1 is 1.22 bits per heavy atom. The molecule has 23 heavy (non-hydrogen) atoms. The molecule has 0 bridgehead atoms. The van der Waals surface area contributed by atoms with E-state index in [9.17, 15) is 9.59 Å². The summed E-state index contributed by atoms with van der Waals surface area (Å²) in [6.07, 6.45) is 3.74. The molecular formula is C17H26ClN3O2. The number of hydrogen-bond donors (Lipinski definition) is 2. The highest BCUT2D eigenvalue weighted by molar-refractivity contribution is 5.94. The van der Waals surface area contributed by atoms with Crippen molar-refractivity contribution in [1.29, 1.82) is 0 Å². The van der Waals surface area contributed by atoms with Crippen molar-refractivity contribution in [3.05, 3.63) is 30.3 Å². The monoisotopic (exact) mass is 339 g/mol. The SMILES string of the molecule is CN(CC(=O)Nc1ccccc1)C(=O)CCC1CCNCC1.Cl. The molecule has 1 aromatic rings. The third-order valence-corrected chi connectivity index (χ3v) is 4.09. The summed E-state index contributed by atoms with van der Waals surface area (Å²) in [5.41, 5.74) is 0.753. The smallest absolute Gasteiger partial charge is 0.243 e. The van der Waals surface area contributed by atoms with E-state index in [2.05, 4.69) is 10.6 Å². The Bertz CT molecular complexity index is 490. The van der Waals surface area contributed by atoms with Gasteiger partial charge in [0.1, 0.15) is 0 Å². The topological polar surface area (TPSA) is 61.4 Å². The first kappa shape index (κ1) is 19.5. The van der Waals surface area contributed by atoms with Gasteiger partial charge in [0.15, 0.2) is 0 Å². The van der Waals surface area contributed by atoms with Crippen LogP contribution in [0.5, 0.6) is 0 Å². The molecule has 1 saturated heterocycles. The molecule has 1 heterocycles. The second-order valence-electron chi connectivity index (χ2n) is 5.90.